The van der Waals surface area contributed by atoms with Crippen molar-refractivity contribution in [2.45, 2.75) is 70.7 Å². The molecule has 13 nitrogen and oxygen atoms in total. The van der Waals surface area contributed by atoms with E-state index in [2.05, 4.69) is 33.2 Å². The van der Waals surface area contributed by atoms with E-state index in [-0.39, 0.29) is 23.6 Å². The van der Waals surface area contributed by atoms with Crippen molar-refractivity contribution in [1.82, 2.24) is 30.5 Å². The smallest absolute Gasteiger partial charge is 0.312 e. The molecule has 3 atom stereocenters. The molecule has 42 heavy (non-hydrogen) atoms. The van der Waals surface area contributed by atoms with Gasteiger partial charge in [-0.1, -0.05) is 37.6 Å². The van der Waals surface area contributed by atoms with Crippen LogP contribution in [0.15, 0.2) is 42.6 Å². The maximum atomic E-state index is 12.8. The number of aliphatic hydroxyl groups excluding tert-OH is 1. The lowest BCUT2D eigenvalue weighted by molar-refractivity contribution is -0.137. The fourth-order valence-corrected chi connectivity index (χ4v) is 4.63. The van der Waals surface area contributed by atoms with E-state index in [1.54, 1.807) is 10.9 Å². The van der Waals surface area contributed by atoms with Crippen molar-refractivity contribution in [2.24, 2.45) is 11.7 Å². The number of imide groups is 1. The van der Waals surface area contributed by atoms with Crippen molar-refractivity contribution in [3.05, 3.63) is 60.8 Å². The van der Waals surface area contributed by atoms with Gasteiger partial charge in [-0.05, 0) is 56.2 Å². The van der Waals surface area contributed by atoms with Gasteiger partial charge in [0, 0.05) is 37.3 Å². The highest BCUT2D eigenvalue weighted by molar-refractivity contribution is 6.12. The van der Waals surface area contributed by atoms with Crippen molar-refractivity contribution in [3.63, 3.8) is 0 Å². The van der Waals surface area contributed by atoms with Crippen molar-refractivity contribution in [3.8, 4) is 0 Å². The van der Waals surface area contributed by atoms with Crippen LogP contribution in [0.1, 0.15) is 75.7 Å². The summed E-state index contributed by atoms with van der Waals surface area (Å²) in [6, 6.07) is 5.74. The number of aromatic nitrogens is 3. The Labute approximate surface area is 245 Å². The zero-order chi connectivity index (χ0) is 30.6. The number of aliphatic hydroxyl groups is 1. The minimum atomic E-state index is -1.03. The van der Waals surface area contributed by atoms with Crippen LogP contribution in [-0.4, -0.2) is 68.1 Å². The quantitative estimate of drug-likeness (QED) is 0.107. The predicted molar refractivity (Wildman–Crippen MR) is 156 cm³/mol. The maximum absolute atomic E-state index is 12.8. The number of benzene rings is 1. The summed E-state index contributed by atoms with van der Waals surface area (Å²) < 4.78 is 1.57. The first-order chi connectivity index (χ1) is 20.0. The summed E-state index contributed by atoms with van der Waals surface area (Å²) in [6.07, 6.45) is 6.43. The van der Waals surface area contributed by atoms with Crippen LogP contribution in [0.4, 0.5) is 10.5 Å². The number of urea groups is 1. The molecule has 0 bridgehead atoms. The third-order valence-corrected chi connectivity index (χ3v) is 6.96. The highest BCUT2D eigenvalue weighted by Crippen LogP contribution is 2.24. The minimum absolute atomic E-state index is 0.0150. The number of carbonyl (C=O) groups excluding carboxylic acids is 4. The van der Waals surface area contributed by atoms with E-state index in [9.17, 15) is 24.3 Å². The molecule has 0 saturated heterocycles. The van der Waals surface area contributed by atoms with Crippen molar-refractivity contribution in [2.75, 3.05) is 18.4 Å². The van der Waals surface area contributed by atoms with Crippen LogP contribution in [0, 0.1) is 12.8 Å². The summed E-state index contributed by atoms with van der Waals surface area (Å²) in [5.41, 5.74) is 7.29. The SMILES string of the molecule is [CH2]c1ccc(NC(O)[C@H](CCCNC(N)=O)n2cc([C@@H](NC(=O)CCCCCN3C(=O)C=CC3=O)C(C)C)nn2)cc1. The monoisotopic (exact) mass is 581 g/mol. The van der Waals surface area contributed by atoms with Crippen molar-refractivity contribution >= 4 is 29.4 Å². The molecule has 0 fully saturated rings. The summed E-state index contributed by atoms with van der Waals surface area (Å²) in [5, 5.41) is 28.4. The van der Waals surface area contributed by atoms with Crippen molar-refractivity contribution < 1.29 is 24.3 Å². The molecule has 0 spiro atoms. The number of carbonyl (C=O) groups is 4. The molecule has 1 radical (unpaired) electrons. The third-order valence-electron chi connectivity index (χ3n) is 6.96. The van der Waals surface area contributed by atoms with E-state index in [0.29, 0.717) is 63.0 Å². The number of nitrogens with two attached hydrogens (primary N) is 1. The van der Waals surface area contributed by atoms with Crippen LogP contribution < -0.4 is 21.7 Å². The first-order valence-corrected chi connectivity index (χ1v) is 14.2. The number of hydrogen-bond donors (Lipinski definition) is 5. The van der Waals surface area contributed by atoms with E-state index in [4.69, 9.17) is 5.73 Å². The summed E-state index contributed by atoms with van der Waals surface area (Å²) in [7, 11) is 0. The Balaban J connectivity index is 1.59. The van der Waals surface area contributed by atoms with Crippen LogP contribution >= 0.6 is 0 Å². The van der Waals surface area contributed by atoms with Crippen LogP contribution in [0.25, 0.3) is 0 Å². The first kappa shape index (κ1) is 32.3. The molecule has 1 aromatic carbocycles. The standard InChI is InChI=1S/C29H41N8O5/c1-19(2)27(33-24(38)9-5-4-6-17-36-25(39)14-15-26(36)40)22-18-37(35-34-22)23(8-7-16-31-29(30)42)28(41)32-21-12-10-20(3)11-13-21/h10-15,18-19,23,27-28,32,41H,3-9,16-17H2,1-2H3,(H,33,38)(H3,30,31,42)/t23-,27-,28?/m0/s1. The molecule has 6 N–H and O–H groups in total. The molecule has 5 amide bonds. The lowest BCUT2D eigenvalue weighted by Crippen LogP contribution is -2.34. The van der Waals surface area contributed by atoms with Gasteiger partial charge in [0.15, 0.2) is 0 Å². The summed E-state index contributed by atoms with van der Waals surface area (Å²) in [4.78, 5) is 48.3. The highest BCUT2D eigenvalue weighted by Gasteiger charge is 2.27. The van der Waals surface area contributed by atoms with Gasteiger partial charge in [0.25, 0.3) is 11.8 Å². The Hall–Kier alpha value is -4.26. The number of hydrogen-bond acceptors (Lipinski definition) is 8. The number of unbranched alkanes of at least 4 members (excludes halogenated alkanes) is 2. The van der Waals surface area contributed by atoms with Gasteiger partial charge in [0.1, 0.15) is 11.9 Å². The van der Waals surface area contributed by atoms with Gasteiger partial charge >= 0.3 is 6.03 Å². The Morgan fingerprint density at radius 2 is 1.74 bits per heavy atom. The second kappa shape index (κ2) is 15.7. The van der Waals surface area contributed by atoms with E-state index in [0.717, 1.165) is 5.56 Å². The molecule has 2 aromatic rings. The molecule has 3 rings (SSSR count). The molecule has 1 unspecified atom stereocenters. The molecule has 2 heterocycles. The maximum Gasteiger partial charge on any atom is 0.312 e. The van der Waals surface area contributed by atoms with Gasteiger partial charge < -0.3 is 26.8 Å². The fourth-order valence-electron chi connectivity index (χ4n) is 4.63. The minimum Gasteiger partial charge on any atom is -0.372 e. The number of anilines is 1. The first-order valence-electron chi connectivity index (χ1n) is 14.2. The number of rotatable bonds is 17. The molecule has 13 heteroatoms. The Kier molecular flexibility index (Phi) is 12.0. The van der Waals surface area contributed by atoms with Gasteiger partial charge in [-0.3, -0.25) is 19.3 Å². The van der Waals surface area contributed by atoms with Crippen LogP contribution in [-0.2, 0) is 14.4 Å². The van der Waals surface area contributed by atoms with Crippen LogP contribution in [0.2, 0.25) is 0 Å². The van der Waals surface area contributed by atoms with E-state index >= 15 is 0 Å². The van der Waals surface area contributed by atoms with E-state index < -0.39 is 24.3 Å². The van der Waals surface area contributed by atoms with Gasteiger partial charge in [-0.15, -0.1) is 5.10 Å². The van der Waals surface area contributed by atoms with Gasteiger partial charge in [0.2, 0.25) is 5.91 Å². The molecular weight excluding hydrogens is 540 g/mol. The lowest BCUT2D eigenvalue weighted by Gasteiger charge is -2.25. The van der Waals surface area contributed by atoms with Crippen LogP contribution in [0.5, 0.6) is 0 Å². The molecule has 227 valence electrons. The Morgan fingerprint density at radius 3 is 2.38 bits per heavy atom. The number of nitrogens with one attached hydrogen (secondary N) is 3. The molecule has 1 aliphatic heterocycles. The normalized spacial score (nSPS) is 15.1. The molecule has 0 aliphatic carbocycles. The van der Waals surface area contributed by atoms with Gasteiger partial charge in [-0.25, -0.2) is 9.48 Å². The number of amides is 5. The fraction of sp³-hybridized carbons (Fsp3) is 0.483. The Morgan fingerprint density at radius 1 is 1.05 bits per heavy atom. The average Bonchev–Trinajstić information content (AvgIpc) is 3.54. The Bertz CT molecular complexity index is 1220. The van der Waals surface area contributed by atoms with E-state index in [1.165, 1.54) is 17.1 Å². The topological polar surface area (TPSA) is 185 Å². The third kappa shape index (κ3) is 9.68. The highest BCUT2D eigenvalue weighted by atomic mass is 16.3. The van der Waals surface area contributed by atoms with Gasteiger partial charge in [0.05, 0.1) is 18.3 Å². The second-order valence-corrected chi connectivity index (χ2v) is 10.7. The van der Waals surface area contributed by atoms with E-state index in [1.807, 2.05) is 38.1 Å². The zero-order valence-corrected chi connectivity index (χ0v) is 24.2. The summed E-state index contributed by atoms with van der Waals surface area (Å²) in [6.45, 7) is 8.49. The van der Waals surface area contributed by atoms with Gasteiger partial charge in [-0.2, -0.15) is 0 Å². The molecule has 1 aliphatic rings. The number of primary amides is 1. The average molecular weight is 582 g/mol. The zero-order valence-electron chi connectivity index (χ0n) is 24.2. The largest absolute Gasteiger partial charge is 0.372 e. The van der Waals surface area contributed by atoms with Crippen molar-refractivity contribution in [1.29, 1.82) is 0 Å². The lowest BCUT2D eigenvalue weighted by atomic mass is 10.0. The van der Waals surface area contributed by atoms with Crippen LogP contribution in [0.3, 0.4) is 0 Å². The molecule has 0 saturated carbocycles. The summed E-state index contributed by atoms with van der Waals surface area (Å²) >= 11 is 0. The predicted octanol–water partition coefficient (Wildman–Crippen LogP) is 2.18. The number of nitrogens with zero attached hydrogens (tertiary/aromatic N) is 4. The summed E-state index contributed by atoms with van der Waals surface area (Å²) in [5.74, 6) is -0.721. The molecular formula is C29H41N8O5. The molecule has 1 aromatic heterocycles. The second-order valence-electron chi connectivity index (χ2n) is 10.7.